The van der Waals surface area contributed by atoms with E-state index in [1.54, 1.807) is 7.11 Å². The molecule has 0 aliphatic rings. The van der Waals surface area contributed by atoms with E-state index in [1.165, 1.54) is 0 Å². The van der Waals surface area contributed by atoms with Crippen LogP contribution in [0.1, 0.15) is 5.69 Å². The summed E-state index contributed by atoms with van der Waals surface area (Å²) in [7, 11) is 1.61. The maximum atomic E-state index is 5.63. The van der Waals surface area contributed by atoms with Crippen molar-refractivity contribution in [1.29, 1.82) is 0 Å². The van der Waals surface area contributed by atoms with Crippen molar-refractivity contribution in [3.63, 3.8) is 0 Å². The van der Waals surface area contributed by atoms with Crippen molar-refractivity contribution < 1.29 is 4.74 Å². The summed E-state index contributed by atoms with van der Waals surface area (Å²) in [6.07, 6.45) is 0. The number of amidine groups is 1. The number of hydrogen-bond acceptors (Lipinski definition) is 4. The second-order valence-corrected chi connectivity index (χ2v) is 4.67. The van der Waals surface area contributed by atoms with Crippen LogP contribution in [0, 0.1) is 0 Å². The number of nitrogens with zero attached hydrogens (tertiary/aromatic N) is 2. The Labute approximate surface area is 128 Å². The molecule has 0 fully saturated rings. The van der Waals surface area contributed by atoms with Gasteiger partial charge in [0.1, 0.15) is 17.1 Å². The van der Waals surface area contributed by atoms with E-state index < -0.39 is 0 Å². The van der Waals surface area contributed by atoms with E-state index in [0.717, 1.165) is 10.9 Å². The zero-order valence-electron chi connectivity index (χ0n) is 12.2. The van der Waals surface area contributed by atoms with Gasteiger partial charge in [-0.1, -0.05) is 36.4 Å². The fourth-order valence-corrected chi connectivity index (χ4v) is 2.20. The molecule has 0 saturated carbocycles. The number of fused-ring (bicyclic) bond motifs is 1. The van der Waals surface area contributed by atoms with Gasteiger partial charge < -0.3 is 10.2 Å². The quantitative estimate of drug-likeness (QED) is 0.337. The number of hydrazine groups is 1. The molecule has 0 atom stereocenters. The molecule has 0 aliphatic heterocycles. The second kappa shape index (κ2) is 6.24. The summed E-state index contributed by atoms with van der Waals surface area (Å²) < 4.78 is 5.30. The average molecular weight is 292 g/mol. The molecule has 3 N–H and O–H groups in total. The molecule has 5 heteroatoms. The number of methoxy groups -OCH3 is 1. The SMILES string of the molecule is COc1ccccc1N=C(NN)c1ccc2ccccc2n1. The molecule has 1 heterocycles. The summed E-state index contributed by atoms with van der Waals surface area (Å²) >= 11 is 0. The summed E-state index contributed by atoms with van der Waals surface area (Å²) in [5, 5.41) is 1.07. The van der Waals surface area contributed by atoms with E-state index in [2.05, 4.69) is 15.4 Å². The van der Waals surface area contributed by atoms with E-state index >= 15 is 0 Å². The van der Waals surface area contributed by atoms with Gasteiger partial charge in [-0.25, -0.2) is 15.8 Å². The van der Waals surface area contributed by atoms with Crippen LogP contribution >= 0.6 is 0 Å². The third-order valence-corrected chi connectivity index (χ3v) is 3.30. The molecule has 0 radical (unpaired) electrons. The Morgan fingerprint density at radius 1 is 1.05 bits per heavy atom. The number of nitrogens with one attached hydrogen (secondary N) is 1. The minimum atomic E-state index is 0.482. The first-order valence-electron chi connectivity index (χ1n) is 6.86. The number of pyridine rings is 1. The first kappa shape index (κ1) is 14.0. The van der Waals surface area contributed by atoms with Crippen LogP contribution in [0.4, 0.5) is 5.69 Å². The van der Waals surface area contributed by atoms with Crippen molar-refractivity contribution in [2.45, 2.75) is 0 Å². The zero-order chi connectivity index (χ0) is 15.4. The van der Waals surface area contributed by atoms with Crippen molar-refractivity contribution in [1.82, 2.24) is 10.4 Å². The number of aromatic nitrogens is 1. The molecule has 0 unspecified atom stereocenters. The largest absolute Gasteiger partial charge is 0.494 e. The Bertz CT molecular complexity index is 830. The number of rotatable bonds is 3. The van der Waals surface area contributed by atoms with Gasteiger partial charge in [-0.15, -0.1) is 0 Å². The van der Waals surface area contributed by atoms with E-state index in [-0.39, 0.29) is 0 Å². The van der Waals surface area contributed by atoms with Gasteiger partial charge in [0.2, 0.25) is 0 Å². The molecule has 1 aromatic heterocycles. The number of benzene rings is 2. The third kappa shape index (κ3) is 2.75. The monoisotopic (exact) mass is 292 g/mol. The zero-order valence-corrected chi connectivity index (χ0v) is 12.2. The highest BCUT2D eigenvalue weighted by Crippen LogP contribution is 2.26. The van der Waals surface area contributed by atoms with E-state index in [1.807, 2.05) is 60.7 Å². The minimum Gasteiger partial charge on any atom is -0.494 e. The van der Waals surface area contributed by atoms with Crippen LogP contribution in [0.15, 0.2) is 65.7 Å². The molecular weight excluding hydrogens is 276 g/mol. The smallest absolute Gasteiger partial charge is 0.166 e. The van der Waals surface area contributed by atoms with Crippen molar-refractivity contribution in [2.24, 2.45) is 10.8 Å². The van der Waals surface area contributed by atoms with Gasteiger partial charge in [0.25, 0.3) is 0 Å². The van der Waals surface area contributed by atoms with Crippen molar-refractivity contribution in [3.8, 4) is 5.75 Å². The van der Waals surface area contributed by atoms with Gasteiger partial charge >= 0.3 is 0 Å². The van der Waals surface area contributed by atoms with Crippen LogP contribution in [-0.4, -0.2) is 17.9 Å². The maximum Gasteiger partial charge on any atom is 0.166 e. The van der Waals surface area contributed by atoms with Gasteiger partial charge in [-0.05, 0) is 24.3 Å². The number of para-hydroxylation sites is 3. The van der Waals surface area contributed by atoms with Crippen LogP contribution in [0.25, 0.3) is 10.9 Å². The fourth-order valence-electron chi connectivity index (χ4n) is 2.20. The van der Waals surface area contributed by atoms with Crippen LogP contribution in [0.3, 0.4) is 0 Å². The van der Waals surface area contributed by atoms with Gasteiger partial charge in [0.05, 0.1) is 12.6 Å². The van der Waals surface area contributed by atoms with E-state index in [4.69, 9.17) is 10.6 Å². The first-order chi connectivity index (χ1) is 10.8. The van der Waals surface area contributed by atoms with Crippen molar-refractivity contribution in [3.05, 3.63) is 66.4 Å². The normalized spacial score (nSPS) is 11.5. The average Bonchev–Trinajstić information content (AvgIpc) is 2.59. The van der Waals surface area contributed by atoms with Crippen LogP contribution in [-0.2, 0) is 0 Å². The predicted octanol–water partition coefficient (Wildman–Crippen LogP) is 2.79. The molecule has 0 spiro atoms. The molecule has 5 nitrogen and oxygen atoms in total. The second-order valence-electron chi connectivity index (χ2n) is 4.67. The minimum absolute atomic E-state index is 0.482. The molecular formula is C17H16N4O. The number of aliphatic imine (C=N–C) groups is 1. The van der Waals surface area contributed by atoms with Crippen molar-refractivity contribution >= 4 is 22.4 Å². The van der Waals surface area contributed by atoms with Crippen LogP contribution in [0.2, 0.25) is 0 Å². The maximum absolute atomic E-state index is 5.63. The van der Waals surface area contributed by atoms with E-state index in [0.29, 0.717) is 23.0 Å². The van der Waals surface area contributed by atoms with Gasteiger partial charge in [0, 0.05) is 5.39 Å². The lowest BCUT2D eigenvalue weighted by molar-refractivity contribution is 0.416. The summed E-state index contributed by atoms with van der Waals surface area (Å²) in [6, 6.07) is 19.3. The van der Waals surface area contributed by atoms with Gasteiger partial charge in [0.15, 0.2) is 5.84 Å². The molecule has 22 heavy (non-hydrogen) atoms. The summed E-state index contributed by atoms with van der Waals surface area (Å²) in [4.78, 5) is 9.10. The molecule has 3 aromatic rings. The molecule has 0 bridgehead atoms. The first-order valence-corrected chi connectivity index (χ1v) is 6.86. The molecule has 0 amide bonds. The molecule has 3 rings (SSSR count). The lowest BCUT2D eigenvalue weighted by atomic mass is 10.2. The topological polar surface area (TPSA) is 72.5 Å². The highest BCUT2D eigenvalue weighted by Gasteiger charge is 2.07. The number of nitrogens with two attached hydrogens (primary N) is 1. The Morgan fingerprint density at radius 2 is 1.82 bits per heavy atom. The van der Waals surface area contributed by atoms with Crippen molar-refractivity contribution in [2.75, 3.05) is 7.11 Å². The number of ether oxygens (including phenoxy) is 1. The Kier molecular flexibility index (Phi) is 3.98. The fraction of sp³-hybridized carbons (Fsp3) is 0.0588. The van der Waals surface area contributed by atoms with Crippen LogP contribution < -0.4 is 16.0 Å². The summed E-state index contributed by atoms with van der Waals surface area (Å²) in [6.45, 7) is 0. The Balaban J connectivity index is 2.07. The summed E-state index contributed by atoms with van der Waals surface area (Å²) in [5.41, 5.74) is 4.87. The van der Waals surface area contributed by atoms with Gasteiger partial charge in [-0.3, -0.25) is 0 Å². The lowest BCUT2D eigenvalue weighted by Crippen LogP contribution is -2.31. The third-order valence-electron chi connectivity index (χ3n) is 3.30. The molecule has 110 valence electrons. The highest BCUT2D eigenvalue weighted by atomic mass is 16.5. The van der Waals surface area contributed by atoms with E-state index in [9.17, 15) is 0 Å². The highest BCUT2D eigenvalue weighted by molar-refractivity contribution is 6.00. The number of hydrogen-bond donors (Lipinski definition) is 2. The standard InChI is InChI=1S/C17H16N4O/c1-22-16-9-5-4-8-14(16)20-17(21-18)15-11-10-12-6-2-3-7-13(12)19-15/h2-11H,18H2,1H3,(H,20,21). The Morgan fingerprint density at radius 3 is 2.64 bits per heavy atom. The van der Waals surface area contributed by atoms with Gasteiger partial charge in [-0.2, -0.15) is 0 Å². The lowest BCUT2D eigenvalue weighted by Gasteiger charge is -2.08. The summed E-state index contributed by atoms with van der Waals surface area (Å²) in [5.74, 6) is 6.79. The Hall–Kier alpha value is -2.92. The molecule has 0 saturated heterocycles. The molecule has 0 aliphatic carbocycles. The molecule has 2 aromatic carbocycles. The van der Waals surface area contributed by atoms with Crippen LogP contribution in [0.5, 0.6) is 5.75 Å². The predicted molar refractivity (Wildman–Crippen MR) is 88.3 cm³/mol.